The van der Waals surface area contributed by atoms with Gasteiger partial charge in [0, 0.05) is 19.7 Å². The van der Waals surface area contributed by atoms with Crippen molar-refractivity contribution in [2.75, 3.05) is 25.4 Å². The molecule has 1 aromatic heterocycles. The number of nitrogens with zero attached hydrogens (tertiary/aromatic N) is 5. The van der Waals surface area contributed by atoms with Gasteiger partial charge in [0.05, 0.1) is 18.4 Å². The number of ether oxygens (including phenoxy) is 1. The van der Waals surface area contributed by atoms with Gasteiger partial charge in [0.15, 0.2) is 0 Å². The van der Waals surface area contributed by atoms with E-state index in [4.69, 9.17) is 4.74 Å². The highest BCUT2D eigenvalue weighted by molar-refractivity contribution is 7.99. The second-order valence-electron chi connectivity index (χ2n) is 7.15. The van der Waals surface area contributed by atoms with Crippen LogP contribution in [0.2, 0.25) is 0 Å². The molecule has 1 aromatic rings. The van der Waals surface area contributed by atoms with Crippen molar-refractivity contribution in [3.05, 3.63) is 0 Å². The number of carbonyl (C=O) groups excluding carboxylic acids is 1. The summed E-state index contributed by atoms with van der Waals surface area (Å²) in [6, 6.07) is 0. The summed E-state index contributed by atoms with van der Waals surface area (Å²) in [5.74, 6) is 1.44. The van der Waals surface area contributed by atoms with Crippen LogP contribution in [0.15, 0.2) is 5.16 Å². The van der Waals surface area contributed by atoms with E-state index in [-0.39, 0.29) is 12.0 Å². The van der Waals surface area contributed by atoms with Gasteiger partial charge in [-0.15, -0.1) is 5.10 Å². The number of rotatable bonds is 9. The van der Waals surface area contributed by atoms with Crippen LogP contribution in [0.4, 0.5) is 0 Å². The SMILES string of the molecule is CC(C)CN(CC(C)C)C(=O)CSc1nnnn1CC1CCCO1. The van der Waals surface area contributed by atoms with Gasteiger partial charge in [-0.3, -0.25) is 4.79 Å². The van der Waals surface area contributed by atoms with E-state index in [9.17, 15) is 4.79 Å². The van der Waals surface area contributed by atoms with Crippen molar-refractivity contribution in [1.29, 1.82) is 0 Å². The first-order valence-corrected chi connectivity index (χ1v) is 9.72. The van der Waals surface area contributed by atoms with Crippen molar-refractivity contribution in [3.8, 4) is 0 Å². The molecule has 0 radical (unpaired) electrons. The molecule has 24 heavy (non-hydrogen) atoms. The van der Waals surface area contributed by atoms with E-state index < -0.39 is 0 Å². The van der Waals surface area contributed by atoms with Crippen molar-refractivity contribution in [2.24, 2.45) is 11.8 Å². The van der Waals surface area contributed by atoms with Gasteiger partial charge in [-0.1, -0.05) is 39.5 Å². The van der Waals surface area contributed by atoms with Gasteiger partial charge in [0.2, 0.25) is 11.1 Å². The Balaban J connectivity index is 1.88. The van der Waals surface area contributed by atoms with Crippen LogP contribution in [0.5, 0.6) is 0 Å². The quantitative estimate of drug-likeness (QED) is 0.632. The van der Waals surface area contributed by atoms with Crippen LogP contribution in [-0.4, -0.2) is 62.6 Å². The average molecular weight is 356 g/mol. The van der Waals surface area contributed by atoms with Crippen molar-refractivity contribution in [3.63, 3.8) is 0 Å². The highest BCUT2D eigenvalue weighted by Crippen LogP contribution is 2.19. The maximum atomic E-state index is 12.6. The molecule has 1 unspecified atom stereocenters. The molecule has 0 aliphatic carbocycles. The van der Waals surface area contributed by atoms with Gasteiger partial charge in [0.25, 0.3) is 0 Å². The first kappa shape index (κ1) is 19.2. The van der Waals surface area contributed by atoms with E-state index in [1.807, 2.05) is 4.90 Å². The van der Waals surface area contributed by atoms with Crippen LogP contribution < -0.4 is 0 Å². The number of carbonyl (C=O) groups is 1. The third-order valence-electron chi connectivity index (χ3n) is 3.75. The summed E-state index contributed by atoms with van der Waals surface area (Å²) < 4.78 is 7.38. The molecule has 1 aliphatic heterocycles. The molecule has 2 heterocycles. The fourth-order valence-corrected chi connectivity index (χ4v) is 3.56. The van der Waals surface area contributed by atoms with E-state index in [2.05, 4.69) is 43.2 Å². The topological polar surface area (TPSA) is 73.1 Å². The summed E-state index contributed by atoms with van der Waals surface area (Å²) in [4.78, 5) is 14.5. The van der Waals surface area contributed by atoms with E-state index in [1.165, 1.54) is 11.8 Å². The first-order valence-electron chi connectivity index (χ1n) is 8.74. The van der Waals surface area contributed by atoms with Crippen LogP contribution in [-0.2, 0) is 16.1 Å². The third kappa shape index (κ3) is 6.05. The van der Waals surface area contributed by atoms with Crippen LogP contribution in [0.25, 0.3) is 0 Å². The Morgan fingerprint density at radius 3 is 2.62 bits per heavy atom. The predicted molar refractivity (Wildman–Crippen MR) is 93.8 cm³/mol. The summed E-state index contributed by atoms with van der Waals surface area (Å²) in [6.45, 7) is 11.6. The smallest absolute Gasteiger partial charge is 0.233 e. The standard InChI is InChI=1S/C16H29N5O2S/c1-12(2)8-20(9-13(3)4)15(22)11-24-16-17-18-19-21(16)10-14-6-5-7-23-14/h12-14H,5-11H2,1-4H3. The molecule has 0 bridgehead atoms. The van der Waals surface area contributed by atoms with E-state index >= 15 is 0 Å². The zero-order chi connectivity index (χ0) is 17.5. The minimum atomic E-state index is 0.147. The Kier molecular flexibility index (Phi) is 7.48. The zero-order valence-electron chi connectivity index (χ0n) is 15.1. The number of tetrazole rings is 1. The van der Waals surface area contributed by atoms with Gasteiger partial charge in [0.1, 0.15) is 0 Å². The number of hydrogen-bond donors (Lipinski definition) is 0. The monoisotopic (exact) mass is 355 g/mol. The molecular formula is C16H29N5O2S. The van der Waals surface area contributed by atoms with Crippen LogP contribution in [0.1, 0.15) is 40.5 Å². The lowest BCUT2D eigenvalue weighted by Gasteiger charge is -2.26. The Hall–Kier alpha value is -1.15. The molecule has 8 heteroatoms. The van der Waals surface area contributed by atoms with Gasteiger partial charge in [-0.25, -0.2) is 4.68 Å². The molecular weight excluding hydrogens is 326 g/mol. The van der Waals surface area contributed by atoms with E-state index in [1.54, 1.807) is 4.68 Å². The summed E-state index contributed by atoms with van der Waals surface area (Å²) in [5.41, 5.74) is 0. The average Bonchev–Trinajstić information content (AvgIpc) is 3.15. The molecule has 2 rings (SSSR count). The molecule has 1 saturated heterocycles. The summed E-state index contributed by atoms with van der Waals surface area (Å²) >= 11 is 1.41. The largest absolute Gasteiger partial charge is 0.376 e. The van der Waals surface area contributed by atoms with Crippen molar-refractivity contribution in [2.45, 2.75) is 58.3 Å². The molecule has 0 saturated carbocycles. The van der Waals surface area contributed by atoms with E-state index in [0.29, 0.717) is 29.3 Å². The Labute approximate surface area is 148 Å². The molecule has 0 N–H and O–H groups in total. The number of hydrogen-bond acceptors (Lipinski definition) is 6. The highest BCUT2D eigenvalue weighted by atomic mass is 32.2. The number of thioether (sulfide) groups is 1. The lowest BCUT2D eigenvalue weighted by molar-refractivity contribution is -0.129. The fourth-order valence-electron chi connectivity index (χ4n) is 2.77. The lowest BCUT2D eigenvalue weighted by Crippen LogP contribution is -2.38. The fraction of sp³-hybridized carbons (Fsp3) is 0.875. The molecule has 0 aromatic carbocycles. The van der Waals surface area contributed by atoms with Gasteiger partial charge >= 0.3 is 0 Å². The molecule has 1 atom stereocenters. The third-order valence-corrected chi connectivity index (χ3v) is 4.69. The maximum Gasteiger partial charge on any atom is 0.233 e. The van der Waals surface area contributed by atoms with Crippen molar-refractivity contribution >= 4 is 17.7 Å². The van der Waals surface area contributed by atoms with Crippen molar-refractivity contribution in [1.82, 2.24) is 25.1 Å². The molecule has 0 spiro atoms. The second kappa shape index (κ2) is 9.36. The molecule has 7 nitrogen and oxygen atoms in total. The summed E-state index contributed by atoms with van der Waals surface area (Å²) in [6.07, 6.45) is 2.31. The Bertz CT molecular complexity index is 504. The maximum absolute atomic E-state index is 12.6. The summed E-state index contributed by atoms with van der Waals surface area (Å²) in [5, 5.41) is 12.5. The van der Waals surface area contributed by atoms with Gasteiger partial charge in [-0.05, 0) is 35.1 Å². The van der Waals surface area contributed by atoms with Crippen LogP contribution >= 0.6 is 11.8 Å². The van der Waals surface area contributed by atoms with E-state index in [0.717, 1.165) is 32.5 Å². The molecule has 136 valence electrons. The van der Waals surface area contributed by atoms with Crippen molar-refractivity contribution < 1.29 is 9.53 Å². The predicted octanol–water partition coefficient (Wildman–Crippen LogP) is 2.08. The minimum absolute atomic E-state index is 0.147. The van der Waals surface area contributed by atoms with Gasteiger partial charge < -0.3 is 9.64 Å². The molecule has 1 fully saturated rings. The lowest BCUT2D eigenvalue weighted by atomic mass is 10.1. The Morgan fingerprint density at radius 1 is 1.33 bits per heavy atom. The number of amides is 1. The van der Waals surface area contributed by atoms with Gasteiger partial charge in [-0.2, -0.15) is 0 Å². The van der Waals surface area contributed by atoms with Crippen LogP contribution in [0, 0.1) is 11.8 Å². The Morgan fingerprint density at radius 2 is 2.04 bits per heavy atom. The first-order chi connectivity index (χ1) is 11.5. The number of aromatic nitrogens is 4. The van der Waals surface area contributed by atoms with Crippen LogP contribution in [0.3, 0.4) is 0 Å². The summed E-state index contributed by atoms with van der Waals surface area (Å²) in [7, 11) is 0. The zero-order valence-corrected chi connectivity index (χ0v) is 16.0. The minimum Gasteiger partial charge on any atom is -0.376 e. The normalized spacial score (nSPS) is 17.8. The second-order valence-corrected chi connectivity index (χ2v) is 8.10. The highest BCUT2D eigenvalue weighted by Gasteiger charge is 2.21. The molecule has 1 aliphatic rings. The molecule has 1 amide bonds.